The zero-order chi connectivity index (χ0) is 27.6. The highest BCUT2D eigenvalue weighted by atomic mass is 127. The Morgan fingerprint density at radius 3 is 2.00 bits per heavy atom. The number of thiocarbonyl (C=S) groups is 2. The number of methoxy groups -OCH3 is 1. The first-order valence-electron chi connectivity index (χ1n) is 10.8. The molecule has 3 rings (SSSR count). The van der Waals surface area contributed by atoms with Crippen molar-refractivity contribution in [2.45, 2.75) is 12.8 Å². The van der Waals surface area contributed by atoms with Crippen LogP contribution in [0.4, 0.5) is 0 Å². The van der Waals surface area contributed by atoms with Gasteiger partial charge >= 0.3 is 5.97 Å². The third kappa shape index (κ3) is 5.67. The zero-order valence-electron chi connectivity index (χ0n) is 20.2. The van der Waals surface area contributed by atoms with Crippen LogP contribution in [-0.4, -0.2) is 84.0 Å². The predicted molar refractivity (Wildman–Crippen MR) is 145 cm³/mol. The molecule has 4 amide bonds. The highest BCUT2D eigenvalue weighted by Crippen LogP contribution is 2.43. The van der Waals surface area contributed by atoms with Crippen LogP contribution in [0.1, 0.15) is 18.4 Å². The van der Waals surface area contributed by atoms with E-state index in [1.54, 1.807) is 13.0 Å². The Bertz CT molecular complexity index is 1160. The SMILES string of the molecule is CCOC(=O)COc1c(I)cc(C([C@@H]2C(=O)NC(=S)N(C)C2=O)[C@@H]2C(=O)NC(=S)N(C)C2=O)cc1OC. The molecule has 0 radical (unpaired) electrons. The van der Waals surface area contributed by atoms with Gasteiger partial charge in [-0.1, -0.05) is 0 Å². The van der Waals surface area contributed by atoms with Gasteiger partial charge in [0.15, 0.2) is 28.3 Å². The van der Waals surface area contributed by atoms with Gasteiger partial charge in [-0.3, -0.25) is 29.0 Å². The Balaban J connectivity index is 2.15. The molecular formula is C22H23IN4O8S2. The summed E-state index contributed by atoms with van der Waals surface area (Å²) in [6, 6.07) is 3.00. The summed E-state index contributed by atoms with van der Waals surface area (Å²) in [5.74, 6) is -7.36. The number of hydrogen-bond acceptors (Lipinski definition) is 10. The van der Waals surface area contributed by atoms with Crippen LogP contribution in [0.3, 0.4) is 0 Å². The summed E-state index contributed by atoms with van der Waals surface area (Å²) in [4.78, 5) is 66.7. The summed E-state index contributed by atoms with van der Waals surface area (Å²) >= 11 is 12.0. The molecule has 198 valence electrons. The number of carbonyl (C=O) groups is 5. The zero-order valence-corrected chi connectivity index (χ0v) is 23.9. The molecule has 0 unspecified atom stereocenters. The van der Waals surface area contributed by atoms with E-state index in [9.17, 15) is 24.0 Å². The van der Waals surface area contributed by atoms with Crippen molar-refractivity contribution in [3.05, 3.63) is 21.3 Å². The number of esters is 1. The minimum absolute atomic E-state index is 0.0995. The predicted octanol–water partition coefficient (Wildman–Crippen LogP) is 0.304. The Labute approximate surface area is 236 Å². The molecule has 0 aliphatic carbocycles. The van der Waals surface area contributed by atoms with Gasteiger partial charge in [0.1, 0.15) is 11.8 Å². The fraction of sp³-hybridized carbons (Fsp3) is 0.409. The van der Waals surface area contributed by atoms with E-state index in [0.717, 1.165) is 9.80 Å². The highest BCUT2D eigenvalue weighted by molar-refractivity contribution is 14.1. The molecule has 0 spiro atoms. The van der Waals surface area contributed by atoms with E-state index in [0.29, 0.717) is 3.57 Å². The maximum atomic E-state index is 13.3. The second-order valence-corrected chi connectivity index (χ2v) is 9.93. The van der Waals surface area contributed by atoms with Crippen LogP contribution < -0.4 is 20.1 Å². The lowest BCUT2D eigenvalue weighted by atomic mass is 9.73. The molecule has 1 aromatic rings. The standard InChI is InChI=1S/C22H23IN4O8S2/c1-5-34-12(28)8-35-16-10(23)6-9(7-11(16)33-4)13(14-17(29)24-21(36)26(2)19(14)31)15-18(30)25-22(37)27(3)20(15)32/h6-7,13-15H,5,8H2,1-4H3,(H,24,29,36)(H,25,30,37)/t14-,15-/m1/s1. The average Bonchev–Trinajstić information content (AvgIpc) is 2.84. The number of rotatable bonds is 8. The molecule has 2 fully saturated rings. The van der Waals surface area contributed by atoms with Crippen molar-refractivity contribution in [3.63, 3.8) is 0 Å². The third-order valence-corrected chi connectivity index (χ3v) is 7.38. The molecule has 2 aliphatic rings. The molecule has 0 aromatic heterocycles. The topological polar surface area (TPSA) is 144 Å². The molecule has 0 saturated carbocycles. The van der Waals surface area contributed by atoms with Crippen LogP contribution in [0.5, 0.6) is 11.5 Å². The molecule has 2 atom stereocenters. The maximum absolute atomic E-state index is 13.3. The molecule has 2 aliphatic heterocycles. The lowest BCUT2D eigenvalue weighted by molar-refractivity contribution is -0.147. The normalized spacial score (nSPS) is 20.2. The van der Waals surface area contributed by atoms with Crippen molar-refractivity contribution in [2.24, 2.45) is 11.8 Å². The number of nitrogens with zero attached hydrogens (tertiary/aromatic N) is 2. The van der Waals surface area contributed by atoms with Crippen LogP contribution in [0.15, 0.2) is 12.1 Å². The highest BCUT2D eigenvalue weighted by Gasteiger charge is 2.52. The van der Waals surface area contributed by atoms with Crippen molar-refractivity contribution in [1.82, 2.24) is 20.4 Å². The quantitative estimate of drug-likeness (QED) is 0.173. The van der Waals surface area contributed by atoms with Crippen LogP contribution in [0, 0.1) is 15.4 Å². The summed E-state index contributed by atoms with van der Waals surface area (Å²) in [5, 5.41) is 4.71. The third-order valence-electron chi connectivity index (χ3n) is 5.82. The van der Waals surface area contributed by atoms with Crippen molar-refractivity contribution >= 4 is 86.8 Å². The average molecular weight is 662 g/mol. The van der Waals surface area contributed by atoms with Crippen molar-refractivity contribution < 1.29 is 38.2 Å². The molecule has 2 heterocycles. The van der Waals surface area contributed by atoms with E-state index in [-0.39, 0.29) is 40.5 Å². The number of nitrogens with one attached hydrogen (secondary N) is 2. The fourth-order valence-electron chi connectivity index (χ4n) is 3.99. The van der Waals surface area contributed by atoms with E-state index >= 15 is 0 Å². The van der Waals surface area contributed by atoms with Gasteiger partial charge in [-0.2, -0.15) is 0 Å². The number of benzene rings is 1. The van der Waals surface area contributed by atoms with Gasteiger partial charge in [0.05, 0.1) is 17.3 Å². The van der Waals surface area contributed by atoms with Gasteiger partial charge in [0.2, 0.25) is 23.6 Å². The lowest BCUT2D eigenvalue weighted by Crippen LogP contribution is -2.62. The summed E-state index contributed by atoms with van der Waals surface area (Å²) in [6.07, 6.45) is 0. The summed E-state index contributed by atoms with van der Waals surface area (Å²) < 4.78 is 16.4. The minimum atomic E-state index is -1.48. The fourth-order valence-corrected chi connectivity index (χ4v) is 5.15. The van der Waals surface area contributed by atoms with Crippen LogP contribution >= 0.6 is 47.0 Å². The van der Waals surface area contributed by atoms with Crippen LogP contribution in [-0.2, 0) is 28.7 Å². The smallest absolute Gasteiger partial charge is 0.344 e. The Morgan fingerprint density at radius 1 is 1.03 bits per heavy atom. The Morgan fingerprint density at radius 2 is 1.54 bits per heavy atom. The van der Waals surface area contributed by atoms with Gasteiger partial charge in [0.25, 0.3) is 0 Å². The van der Waals surface area contributed by atoms with Crippen molar-refractivity contribution in [2.75, 3.05) is 34.4 Å². The van der Waals surface area contributed by atoms with Gasteiger partial charge in [0, 0.05) is 20.0 Å². The summed E-state index contributed by atoms with van der Waals surface area (Å²) in [6.45, 7) is 1.46. The van der Waals surface area contributed by atoms with Crippen molar-refractivity contribution in [3.8, 4) is 11.5 Å². The lowest BCUT2D eigenvalue weighted by Gasteiger charge is -2.39. The number of ether oxygens (including phenoxy) is 3. The molecule has 2 N–H and O–H groups in total. The molecule has 37 heavy (non-hydrogen) atoms. The summed E-state index contributed by atoms with van der Waals surface area (Å²) in [5.41, 5.74) is 0.272. The van der Waals surface area contributed by atoms with Gasteiger partial charge in [-0.25, -0.2) is 4.79 Å². The van der Waals surface area contributed by atoms with E-state index in [4.69, 9.17) is 38.6 Å². The molecular weight excluding hydrogens is 639 g/mol. The first-order chi connectivity index (χ1) is 17.4. The molecule has 15 heteroatoms. The summed E-state index contributed by atoms with van der Waals surface area (Å²) in [7, 11) is 4.13. The molecule has 2 saturated heterocycles. The number of carbonyl (C=O) groups excluding carboxylic acids is 5. The first kappa shape index (κ1) is 28.6. The first-order valence-corrected chi connectivity index (χ1v) is 12.7. The number of hydrogen-bond donors (Lipinski definition) is 2. The Hall–Kier alpha value is -2.92. The Kier molecular flexibility index (Phi) is 9.01. The number of halogens is 1. The minimum Gasteiger partial charge on any atom is -0.493 e. The van der Waals surface area contributed by atoms with Gasteiger partial charge in [-0.05, 0) is 71.6 Å². The van der Waals surface area contributed by atoms with Crippen LogP contribution in [0.25, 0.3) is 0 Å². The van der Waals surface area contributed by atoms with Gasteiger partial charge in [-0.15, -0.1) is 0 Å². The molecule has 1 aromatic carbocycles. The van der Waals surface area contributed by atoms with E-state index in [1.807, 2.05) is 22.6 Å². The van der Waals surface area contributed by atoms with E-state index in [1.165, 1.54) is 27.3 Å². The van der Waals surface area contributed by atoms with Gasteiger partial charge < -0.3 is 24.8 Å². The second kappa shape index (κ2) is 11.6. The van der Waals surface area contributed by atoms with E-state index in [2.05, 4.69) is 10.6 Å². The monoisotopic (exact) mass is 662 g/mol. The maximum Gasteiger partial charge on any atom is 0.344 e. The van der Waals surface area contributed by atoms with E-state index < -0.39 is 47.4 Å². The molecule has 12 nitrogen and oxygen atoms in total. The second-order valence-electron chi connectivity index (χ2n) is 7.99. The largest absolute Gasteiger partial charge is 0.493 e. The number of amides is 4. The van der Waals surface area contributed by atoms with Crippen molar-refractivity contribution in [1.29, 1.82) is 0 Å². The molecule has 0 bridgehead atoms. The van der Waals surface area contributed by atoms with Crippen LogP contribution in [0.2, 0.25) is 0 Å².